The fourth-order valence-corrected chi connectivity index (χ4v) is 2.33. The zero-order chi connectivity index (χ0) is 11.5. The summed E-state index contributed by atoms with van der Waals surface area (Å²) >= 11 is 0. The van der Waals surface area contributed by atoms with Crippen LogP contribution in [0.15, 0.2) is 30.3 Å². The summed E-state index contributed by atoms with van der Waals surface area (Å²) in [6, 6.07) is 10.0. The van der Waals surface area contributed by atoms with Gasteiger partial charge in [-0.05, 0) is 31.9 Å². The van der Waals surface area contributed by atoms with Crippen molar-refractivity contribution in [1.82, 2.24) is 4.81 Å². The van der Waals surface area contributed by atoms with Crippen molar-refractivity contribution in [3.05, 3.63) is 35.9 Å². The molecule has 2 N–H and O–H groups in total. The minimum absolute atomic E-state index is 0.115. The summed E-state index contributed by atoms with van der Waals surface area (Å²) in [4.78, 5) is 2.00. The fraction of sp³-hybridized carbons (Fsp3) is 0.500. The average molecular weight is 219 g/mol. The number of aliphatic hydroxyl groups excluding tert-OH is 1. The van der Waals surface area contributed by atoms with E-state index in [4.69, 9.17) is 0 Å². The highest BCUT2D eigenvalue weighted by Crippen LogP contribution is 2.27. The van der Waals surface area contributed by atoms with Crippen molar-refractivity contribution < 1.29 is 10.1 Å². The molecule has 0 unspecified atom stereocenters. The van der Waals surface area contributed by atoms with Crippen LogP contribution in [0.3, 0.4) is 0 Å². The maximum atomic E-state index is 10.0. The first-order valence-corrected chi connectivity index (χ1v) is 5.83. The summed E-state index contributed by atoms with van der Waals surface area (Å²) in [7, 11) is -0.432. The first-order chi connectivity index (χ1) is 7.68. The highest BCUT2D eigenvalue weighted by molar-refractivity contribution is 6.45. The summed E-state index contributed by atoms with van der Waals surface area (Å²) in [5.41, 5.74) is 1.15. The van der Waals surface area contributed by atoms with Gasteiger partial charge < -0.3 is 14.9 Å². The van der Waals surface area contributed by atoms with Gasteiger partial charge in [-0.3, -0.25) is 0 Å². The normalized spacial score (nSPS) is 26.7. The van der Waals surface area contributed by atoms with Gasteiger partial charge in [0.25, 0.3) is 0 Å². The second-order valence-corrected chi connectivity index (χ2v) is 4.50. The van der Waals surface area contributed by atoms with Crippen LogP contribution in [0.2, 0.25) is 6.82 Å². The Bertz CT molecular complexity index is 331. The number of nitrogens with zero attached hydrogens (tertiary/aromatic N) is 1. The van der Waals surface area contributed by atoms with Crippen molar-refractivity contribution >= 4 is 7.05 Å². The van der Waals surface area contributed by atoms with Crippen molar-refractivity contribution in [2.24, 2.45) is 0 Å². The molecular formula is C12H18BNO2. The first kappa shape index (κ1) is 11.6. The van der Waals surface area contributed by atoms with Gasteiger partial charge >= 0.3 is 7.05 Å². The van der Waals surface area contributed by atoms with Gasteiger partial charge in [0.2, 0.25) is 0 Å². The Kier molecular flexibility index (Phi) is 3.64. The molecule has 0 aromatic heterocycles. The Morgan fingerprint density at radius 2 is 2.00 bits per heavy atom. The first-order valence-electron chi connectivity index (χ1n) is 5.83. The lowest BCUT2D eigenvalue weighted by molar-refractivity contribution is 0.0834. The molecule has 86 valence electrons. The molecule has 2 atom stereocenters. The van der Waals surface area contributed by atoms with Gasteiger partial charge in [0.05, 0.1) is 6.10 Å². The molecule has 0 amide bonds. The lowest BCUT2D eigenvalue weighted by Gasteiger charge is -2.37. The second-order valence-electron chi connectivity index (χ2n) is 4.50. The van der Waals surface area contributed by atoms with E-state index in [1.807, 2.05) is 35.1 Å². The molecule has 4 heteroatoms. The zero-order valence-corrected chi connectivity index (χ0v) is 9.58. The predicted molar refractivity (Wildman–Crippen MR) is 65.2 cm³/mol. The Balaban J connectivity index is 2.13. The van der Waals surface area contributed by atoms with Crippen molar-refractivity contribution in [3.63, 3.8) is 0 Å². The number of aliphatic hydroxyl groups is 1. The summed E-state index contributed by atoms with van der Waals surface area (Å²) in [6.07, 6.45) is 0.433. The van der Waals surface area contributed by atoms with Crippen molar-refractivity contribution in [2.45, 2.75) is 25.3 Å². The van der Waals surface area contributed by atoms with E-state index in [2.05, 4.69) is 0 Å². The van der Waals surface area contributed by atoms with Gasteiger partial charge in [0.15, 0.2) is 0 Å². The van der Waals surface area contributed by atoms with Crippen LogP contribution in [-0.4, -0.2) is 41.2 Å². The maximum Gasteiger partial charge on any atom is 0.376 e. The van der Waals surface area contributed by atoms with Crippen LogP contribution < -0.4 is 0 Å². The molecule has 3 nitrogen and oxygen atoms in total. The topological polar surface area (TPSA) is 43.7 Å². The van der Waals surface area contributed by atoms with E-state index in [0.29, 0.717) is 0 Å². The standard InChI is InChI=1S/C12H18BNO2/c1-13(16)14-8-7-12(15)11(9-14)10-5-3-2-4-6-10/h2-6,11-12,15-16H,7-9H2,1H3/t11-,12+/m0/s1. The van der Waals surface area contributed by atoms with Crippen molar-refractivity contribution in [2.75, 3.05) is 13.1 Å². The molecule has 0 spiro atoms. The van der Waals surface area contributed by atoms with Gasteiger partial charge in [-0.15, -0.1) is 0 Å². The van der Waals surface area contributed by atoms with Gasteiger partial charge in [0, 0.05) is 5.92 Å². The Morgan fingerprint density at radius 3 is 2.62 bits per heavy atom. The molecule has 1 fully saturated rings. The molecule has 1 heterocycles. The number of hydrogen-bond donors (Lipinski definition) is 2. The van der Waals surface area contributed by atoms with Crippen LogP contribution in [0.4, 0.5) is 0 Å². The summed E-state index contributed by atoms with van der Waals surface area (Å²) in [5.74, 6) is 0.115. The molecule has 0 aliphatic carbocycles. The van der Waals surface area contributed by atoms with Crippen LogP contribution in [0.25, 0.3) is 0 Å². The fourth-order valence-electron chi connectivity index (χ4n) is 2.33. The van der Waals surface area contributed by atoms with Crippen LogP contribution in [0.5, 0.6) is 0 Å². The zero-order valence-electron chi connectivity index (χ0n) is 9.58. The smallest absolute Gasteiger partial charge is 0.376 e. The highest BCUT2D eigenvalue weighted by Gasteiger charge is 2.31. The molecule has 2 rings (SSSR count). The molecule has 16 heavy (non-hydrogen) atoms. The van der Waals surface area contributed by atoms with Gasteiger partial charge in [-0.2, -0.15) is 0 Å². The van der Waals surface area contributed by atoms with E-state index in [0.717, 1.165) is 25.1 Å². The molecule has 0 radical (unpaired) electrons. The van der Waals surface area contributed by atoms with E-state index in [1.54, 1.807) is 6.82 Å². The molecular weight excluding hydrogens is 201 g/mol. The monoisotopic (exact) mass is 219 g/mol. The van der Waals surface area contributed by atoms with E-state index in [9.17, 15) is 10.1 Å². The van der Waals surface area contributed by atoms with Crippen molar-refractivity contribution in [3.8, 4) is 0 Å². The molecule has 1 aromatic carbocycles. The van der Waals surface area contributed by atoms with Gasteiger partial charge in [0.1, 0.15) is 0 Å². The van der Waals surface area contributed by atoms with Gasteiger partial charge in [-0.25, -0.2) is 0 Å². The summed E-state index contributed by atoms with van der Waals surface area (Å²) in [6.45, 7) is 3.27. The highest BCUT2D eigenvalue weighted by atomic mass is 16.3. The molecule has 1 aromatic rings. The largest absolute Gasteiger partial charge is 0.437 e. The lowest BCUT2D eigenvalue weighted by atomic mass is 9.78. The third-order valence-corrected chi connectivity index (χ3v) is 3.36. The van der Waals surface area contributed by atoms with E-state index < -0.39 is 7.05 Å². The Labute approximate surface area is 96.8 Å². The third-order valence-electron chi connectivity index (χ3n) is 3.36. The SMILES string of the molecule is CB(O)N1CC[C@@H](O)[C@H](c2ccccc2)C1. The minimum Gasteiger partial charge on any atom is -0.437 e. The van der Waals surface area contributed by atoms with E-state index in [-0.39, 0.29) is 12.0 Å². The third kappa shape index (κ3) is 2.46. The summed E-state index contributed by atoms with van der Waals surface area (Å²) < 4.78 is 0. The quantitative estimate of drug-likeness (QED) is 0.727. The molecule has 0 saturated carbocycles. The number of rotatable bonds is 2. The molecule has 0 bridgehead atoms. The molecule has 1 aliphatic heterocycles. The Morgan fingerprint density at radius 1 is 1.31 bits per heavy atom. The van der Waals surface area contributed by atoms with Crippen LogP contribution in [0.1, 0.15) is 17.9 Å². The average Bonchev–Trinajstić information content (AvgIpc) is 2.30. The molecule has 1 aliphatic rings. The number of piperidine rings is 1. The van der Waals surface area contributed by atoms with Crippen LogP contribution >= 0.6 is 0 Å². The number of benzene rings is 1. The maximum absolute atomic E-state index is 10.0. The van der Waals surface area contributed by atoms with Crippen LogP contribution in [-0.2, 0) is 0 Å². The lowest BCUT2D eigenvalue weighted by Crippen LogP contribution is -2.48. The van der Waals surface area contributed by atoms with Crippen molar-refractivity contribution in [1.29, 1.82) is 0 Å². The summed E-state index contributed by atoms with van der Waals surface area (Å²) in [5, 5.41) is 19.6. The Hall–Kier alpha value is -0.835. The predicted octanol–water partition coefficient (Wildman–Crippen LogP) is 0.947. The minimum atomic E-state index is -0.432. The van der Waals surface area contributed by atoms with E-state index >= 15 is 0 Å². The van der Waals surface area contributed by atoms with E-state index in [1.165, 1.54) is 0 Å². The van der Waals surface area contributed by atoms with Crippen LogP contribution in [0, 0.1) is 0 Å². The molecule has 1 saturated heterocycles. The number of hydrogen-bond acceptors (Lipinski definition) is 3. The van der Waals surface area contributed by atoms with Gasteiger partial charge in [-0.1, -0.05) is 30.3 Å². The second kappa shape index (κ2) is 5.00.